The number of fused-ring (bicyclic) bond motifs is 1. The molecule has 0 saturated carbocycles. The van der Waals surface area contributed by atoms with Gasteiger partial charge in [-0.15, -0.1) is 4.40 Å². The normalized spacial score (nSPS) is 19.2. The van der Waals surface area contributed by atoms with Gasteiger partial charge in [0, 0.05) is 18.8 Å². The quantitative estimate of drug-likeness (QED) is 0.629. The van der Waals surface area contributed by atoms with Gasteiger partial charge in [0.1, 0.15) is 6.33 Å². The van der Waals surface area contributed by atoms with Gasteiger partial charge in [0.05, 0.1) is 0 Å². The van der Waals surface area contributed by atoms with Crippen molar-refractivity contribution in [1.29, 1.82) is 0 Å². The molecule has 1 amide bonds. The summed E-state index contributed by atoms with van der Waals surface area (Å²) in [5.74, 6) is -0.818. The van der Waals surface area contributed by atoms with E-state index in [-0.39, 0.29) is 41.3 Å². The zero-order chi connectivity index (χ0) is 19.1. The van der Waals surface area contributed by atoms with Crippen LogP contribution in [0.1, 0.15) is 32.9 Å². The zero-order valence-electron chi connectivity index (χ0n) is 13.8. The maximum atomic E-state index is 12.1. The first kappa shape index (κ1) is 18.0. The average Bonchev–Trinajstić information content (AvgIpc) is 3.12. The Bertz CT molecular complexity index is 1050. The summed E-state index contributed by atoms with van der Waals surface area (Å²) in [5.41, 5.74) is -0.347. The predicted molar refractivity (Wildman–Crippen MR) is 90.0 cm³/mol. The van der Waals surface area contributed by atoms with Crippen molar-refractivity contribution in [3.8, 4) is 0 Å². The highest BCUT2D eigenvalue weighted by Crippen LogP contribution is 2.27. The number of nitrogens with one attached hydrogen (secondary N) is 2. The number of anilines is 1. The number of hydrogen-bond acceptors (Lipinski definition) is 7. The summed E-state index contributed by atoms with van der Waals surface area (Å²) in [7, 11) is -4.56. The average molecular weight is 384 g/mol. The Kier molecular flexibility index (Phi) is 4.50. The van der Waals surface area contributed by atoms with E-state index in [1.807, 2.05) is 0 Å². The fourth-order valence-electron chi connectivity index (χ4n) is 2.37. The molecule has 0 aliphatic carbocycles. The van der Waals surface area contributed by atoms with E-state index >= 15 is 0 Å². The number of hydrogen-bond donors (Lipinski definition) is 3. The number of imidazole rings is 1. The van der Waals surface area contributed by atoms with E-state index in [1.54, 1.807) is 13.8 Å². The zero-order valence-corrected chi connectivity index (χ0v) is 14.6. The van der Waals surface area contributed by atoms with E-state index in [2.05, 4.69) is 24.7 Å². The largest absolute Gasteiger partial charge is 0.456 e. The lowest BCUT2D eigenvalue weighted by molar-refractivity contribution is -0.118. The summed E-state index contributed by atoms with van der Waals surface area (Å²) < 4.78 is 40.3. The maximum Gasteiger partial charge on any atom is 0.381 e. The van der Waals surface area contributed by atoms with Crippen LogP contribution in [0.5, 0.6) is 0 Å². The number of carbonyl (C=O) groups excluding carboxylic acids is 1. The molecule has 1 saturated heterocycles. The third-order valence-corrected chi connectivity index (χ3v) is 4.04. The Morgan fingerprint density at radius 1 is 1.54 bits per heavy atom. The summed E-state index contributed by atoms with van der Waals surface area (Å²) >= 11 is 0. The first-order chi connectivity index (χ1) is 12.1. The minimum Gasteiger partial charge on any atom is -0.456 e. The first-order valence-electron chi connectivity index (χ1n) is 7.64. The van der Waals surface area contributed by atoms with E-state index in [9.17, 15) is 18.0 Å². The molecule has 13 heteroatoms. The lowest BCUT2D eigenvalue weighted by atomic mass is 10.2. The second-order valence-corrected chi connectivity index (χ2v) is 7.00. The standard InChI is InChI=1S/C13H16N6O6S/c1-6(2)11(20)16-13-15-10-9(12(21)17-13)14-5-19(10)8-4-3-7(25-8)18-26(22,23)24/h5-6,8H,3-4H2,1-2H3,(H,22,23,24)(H2,15,16,17,20,21)/b18-7+/t8-/m1/s1. The second kappa shape index (κ2) is 6.49. The summed E-state index contributed by atoms with van der Waals surface area (Å²) in [6.45, 7) is 3.39. The van der Waals surface area contributed by atoms with Crippen LogP contribution >= 0.6 is 0 Å². The van der Waals surface area contributed by atoms with Gasteiger partial charge in [-0.3, -0.25) is 29.0 Å². The van der Waals surface area contributed by atoms with E-state index in [0.717, 1.165) is 0 Å². The SMILES string of the molecule is CC(C)C(=O)Nc1nc2c(ncn2[C@H]2CC/C(=N\S(=O)(=O)O)O2)c(=O)[nH]1. The van der Waals surface area contributed by atoms with Crippen molar-refractivity contribution in [2.24, 2.45) is 10.3 Å². The molecule has 0 radical (unpaired) electrons. The first-order valence-corrected chi connectivity index (χ1v) is 9.04. The van der Waals surface area contributed by atoms with Crippen molar-refractivity contribution >= 4 is 39.2 Å². The Morgan fingerprint density at radius 2 is 2.27 bits per heavy atom. The van der Waals surface area contributed by atoms with Crippen molar-refractivity contribution in [3.05, 3.63) is 16.7 Å². The molecule has 26 heavy (non-hydrogen) atoms. The molecule has 0 spiro atoms. The van der Waals surface area contributed by atoms with Gasteiger partial charge < -0.3 is 4.74 Å². The molecular formula is C13H16N6O6S. The summed E-state index contributed by atoms with van der Waals surface area (Å²) in [5, 5.41) is 2.50. The molecular weight excluding hydrogens is 368 g/mol. The molecule has 0 aromatic carbocycles. The Morgan fingerprint density at radius 3 is 2.92 bits per heavy atom. The van der Waals surface area contributed by atoms with Crippen LogP contribution in [0.4, 0.5) is 5.95 Å². The fraction of sp³-hybridized carbons (Fsp3) is 0.462. The van der Waals surface area contributed by atoms with Crippen LogP contribution in [0.15, 0.2) is 15.5 Å². The molecule has 3 rings (SSSR count). The van der Waals surface area contributed by atoms with E-state index in [4.69, 9.17) is 9.29 Å². The lowest BCUT2D eigenvalue weighted by Crippen LogP contribution is -2.22. The highest BCUT2D eigenvalue weighted by atomic mass is 32.2. The third kappa shape index (κ3) is 3.72. The van der Waals surface area contributed by atoms with Crippen LogP contribution in [-0.2, 0) is 19.8 Å². The Balaban J connectivity index is 1.95. The number of aromatic amines is 1. The highest BCUT2D eigenvalue weighted by molar-refractivity contribution is 7.84. The predicted octanol–water partition coefficient (Wildman–Crippen LogP) is 0.224. The van der Waals surface area contributed by atoms with E-state index < -0.39 is 22.1 Å². The Hall–Kier alpha value is -2.80. The van der Waals surface area contributed by atoms with Gasteiger partial charge in [-0.25, -0.2) is 4.98 Å². The van der Waals surface area contributed by atoms with E-state index in [1.165, 1.54) is 10.9 Å². The maximum absolute atomic E-state index is 12.1. The van der Waals surface area contributed by atoms with Crippen molar-refractivity contribution in [2.75, 3.05) is 5.32 Å². The van der Waals surface area contributed by atoms with Crippen LogP contribution in [0, 0.1) is 5.92 Å². The van der Waals surface area contributed by atoms with Crippen molar-refractivity contribution in [3.63, 3.8) is 0 Å². The number of ether oxygens (including phenoxy) is 1. The lowest BCUT2D eigenvalue weighted by Gasteiger charge is -2.12. The molecule has 1 aliphatic rings. The number of nitrogens with zero attached hydrogens (tertiary/aromatic N) is 4. The van der Waals surface area contributed by atoms with Gasteiger partial charge in [0.25, 0.3) is 5.56 Å². The van der Waals surface area contributed by atoms with Gasteiger partial charge in [0.2, 0.25) is 17.8 Å². The number of rotatable bonds is 4. The van der Waals surface area contributed by atoms with Crippen LogP contribution < -0.4 is 10.9 Å². The van der Waals surface area contributed by atoms with Crippen LogP contribution in [-0.4, -0.2) is 44.3 Å². The van der Waals surface area contributed by atoms with Crippen molar-refractivity contribution < 1.29 is 22.5 Å². The molecule has 0 unspecified atom stereocenters. The minimum absolute atomic E-state index is 0.0345. The molecule has 2 aromatic rings. The molecule has 0 bridgehead atoms. The number of amides is 1. The van der Waals surface area contributed by atoms with Crippen molar-refractivity contribution in [2.45, 2.75) is 32.9 Å². The number of H-pyrrole nitrogens is 1. The monoisotopic (exact) mass is 384 g/mol. The summed E-state index contributed by atoms with van der Waals surface area (Å²) in [6.07, 6.45) is 1.12. The number of carbonyl (C=O) groups is 1. The molecule has 12 nitrogen and oxygen atoms in total. The molecule has 1 fully saturated rings. The topological polar surface area (TPSA) is 169 Å². The molecule has 1 atom stereocenters. The highest BCUT2D eigenvalue weighted by Gasteiger charge is 2.27. The van der Waals surface area contributed by atoms with E-state index in [0.29, 0.717) is 6.42 Å². The van der Waals surface area contributed by atoms with Gasteiger partial charge in [-0.1, -0.05) is 13.8 Å². The van der Waals surface area contributed by atoms with Crippen LogP contribution in [0.25, 0.3) is 11.2 Å². The molecule has 2 aromatic heterocycles. The van der Waals surface area contributed by atoms with Crippen LogP contribution in [0.3, 0.4) is 0 Å². The van der Waals surface area contributed by atoms with Gasteiger partial charge in [-0.05, 0) is 0 Å². The Labute approximate surface area is 147 Å². The van der Waals surface area contributed by atoms with Crippen LogP contribution in [0.2, 0.25) is 0 Å². The summed E-state index contributed by atoms with van der Waals surface area (Å²) in [4.78, 5) is 34.5. The third-order valence-electron chi connectivity index (χ3n) is 3.60. The van der Waals surface area contributed by atoms with Gasteiger partial charge in [-0.2, -0.15) is 13.4 Å². The molecule has 3 N–H and O–H groups in total. The smallest absolute Gasteiger partial charge is 0.381 e. The fourth-order valence-corrected chi connectivity index (χ4v) is 2.76. The molecule has 140 valence electrons. The molecule has 1 aliphatic heterocycles. The minimum atomic E-state index is -4.56. The molecule has 3 heterocycles. The van der Waals surface area contributed by atoms with Gasteiger partial charge in [0.15, 0.2) is 17.4 Å². The number of aromatic nitrogens is 4. The van der Waals surface area contributed by atoms with Crippen molar-refractivity contribution in [1.82, 2.24) is 19.5 Å². The van der Waals surface area contributed by atoms with Gasteiger partial charge >= 0.3 is 10.3 Å². The summed E-state index contributed by atoms with van der Waals surface area (Å²) in [6, 6.07) is 0. The second-order valence-electron chi connectivity index (χ2n) is 5.93.